The highest BCUT2D eigenvalue weighted by Gasteiger charge is 2.33. The molecule has 1 unspecified atom stereocenters. The Morgan fingerprint density at radius 2 is 1.48 bits per heavy atom. The molecule has 2 aromatic rings. The van der Waals surface area contributed by atoms with Crippen LogP contribution in [0, 0.1) is 0 Å². The number of benzene rings is 2. The summed E-state index contributed by atoms with van der Waals surface area (Å²) >= 11 is 0. The largest absolute Gasteiger partial charge is 0.316 e. The van der Waals surface area contributed by atoms with E-state index in [1.807, 2.05) is 66.7 Å². The molecular formula is C15H15N3O2S. The molecule has 5 nitrogen and oxygen atoms in total. The number of rotatable bonds is 3. The Balaban J connectivity index is 2.07. The minimum absolute atomic E-state index is 0.216. The van der Waals surface area contributed by atoms with Crippen LogP contribution in [0.4, 0.5) is 5.69 Å². The first kappa shape index (κ1) is 13.7. The van der Waals surface area contributed by atoms with Crippen molar-refractivity contribution in [3.63, 3.8) is 0 Å². The van der Waals surface area contributed by atoms with Crippen molar-refractivity contribution < 1.29 is 8.42 Å². The summed E-state index contributed by atoms with van der Waals surface area (Å²) in [5.74, 6) is 0. The summed E-state index contributed by atoms with van der Waals surface area (Å²) in [5.41, 5.74) is 1.74. The minimum atomic E-state index is -3.87. The maximum Gasteiger partial charge on any atom is 0.316 e. The summed E-state index contributed by atoms with van der Waals surface area (Å²) in [6.45, 7) is 0. The van der Waals surface area contributed by atoms with E-state index in [9.17, 15) is 8.42 Å². The molecule has 0 amide bonds. The molecule has 0 radical (unpaired) electrons. The number of nitrogens with two attached hydrogens (primary N) is 1. The second-order valence-corrected chi connectivity index (χ2v) is 6.10. The van der Waals surface area contributed by atoms with Crippen LogP contribution in [-0.4, -0.2) is 12.8 Å². The Labute approximate surface area is 124 Å². The standard InChI is InChI=1S/C15H15N3O2S/c16-21(19,20)17-12-11-15(13-7-3-1-4-8-13)18(17)14-9-5-2-6-10-14/h1-12,15H,(H2,16,19,20). The first-order valence-corrected chi connectivity index (χ1v) is 7.97. The van der Waals surface area contributed by atoms with Gasteiger partial charge in [-0.25, -0.2) is 5.14 Å². The van der Waals surface area contributed by atoms with Gasteiger partial charge in [-0.15, -0.1) is 0 Å². The summed E-state index contributed by atoms with van der Waals surface area (Å²) in [4.78, 5) is 0. The third-order valence-electron chi connectivity index (χ3n) is 3.29. The highest BCUT2D eigenvalue weighted by atomic mass is 32.2. The third-order valence-corrected chi connectivity index (χ3v) is 4.11. The molecule has 1 aliphatic heterocycles. The zero-order valence-electron chi connectivity index (χ0n) is 11.2. The fourth-order valence-corrected chi connectivity index (χ4v) is 3.08. The van der Waals surface area contributed by atoms with Crippen LogP contribution in [0.3, 0.4) is 0 Å². The molecule has 0 saturated carbocycles. The maximum absolute atomic E-state index is 11.8. The molecule has 2 aromatic carbocycles. The molecule has 0 spiro atoms. The van der Waals surface area contributed by atoms with E-state index in [2.05, 4.69) is 0 Å². The minimum Gasteiger partial charge on any atom is -0.260 e. The number of para-hydroxylation sites is 1. The van der Waals surface area contributed by atoms with Crippen molar-refractivity contribution in [3.8, 4) is 0 Å². The van der Waals surface area contributed by atoms with Gasteiger partial charge in [0.2, 0.25) is 0 Å². The van der Waals surface area contributed by atoms with Crippen LogP contribution in [-0.2, 0) is 10.2 Å². The first-order valence-electron chi connectivity index (χ1n) is 6.47. The highest BCUT2D eigenvalue weighted by molar-refractivity contribution is 7.86. The predicted octanol–water partition coefficient (Wildman–Crippen LogP) is 2.18. The summed E-state index contributed by atoms with van der Waals surface area (Å²) < 4.78 is 24.7. The average molecular weight is 301 g/mol. The molecule has 1 aliphatic rings. The van der Waals surface area contributed by atoms with Crippen LogP contribution in [0.5, 0.6) is 0 Å². The summed E-state index contributed by atoms with van der Waals surface area (Å²) in [5, 5.41) is 6.97. The lowest BCUT2D eigenvalue weighted by Gasteiger charge is -2.33. The Hall–Kier alpha value is -2.31. The van der Waals surface area contributed by atoms with E-state index in [0.717, 1.165) is 15.7 Å². The van der Waals surface area contributed by atoms with E-state index in [1.165, 1.54) is 6.20 Å². The van der Waals surface area contributed by atoms with Crippen LogP contribution in [0.15, 0.2) is 72.9 Å². The second kappa shape index (κ2) is 5.23. The van der Waals surface area contributed by atoms with Gasteiger partial charge in [-0.3, -0.25) is 5.01 Å². The molecule has 21 heavy (non-hydrogen) atoms. The Morgan fingerprint density at radius 3 is 2.05 bits per heavy atom. The summed E-state index contributed by atoms with van der Waals surface area (Å²) in [7, 11) is -3.87. The zero-order chi connectivity index (χ0) is 14.9. The number of hydrogen-bond acceptors (Lipinski definition) is 3. The number of nitrogens with zero attached hydrogens (tertiary/aromatic N) is 2. The fourth-order valence-electron chi connectivity index (χ4n) is 2.40. The normalized spacial score (nSPS) is 18.2. The van der Waals surface area contributed by atoms with E-state index in [4.69, 9.17) is 5.14 Å². The lowest BCUT2D eigenvalue weighted by Crippen LogP contribution is -2.44. The summed E-state index contributed by atoms with van der Waals surface area (Å²) in [6.07, 6.45) is 3.30. The van der Waals surface area contributed by atoms with Crippen LogP contribution < -0.4 is 10.1 Å². The maximum atomic E-state index is 11.8. The van der Waals surface area contributed by atoms with Crippen molar-refractivity contribution in [2.24, 2.45) is 5.14 Å². The molecule has 1 atom stereocenters. The molecule has 0 bridgehead atoms. The number of hydrazine groups is 1. The van der Waals surface area contributed by atoms with E-state index in [0.29, 0.717) is 0 Å². The van der Waals surface area contributed by atoms with Crippen molar-refractivity contribution in [1.29, 1.82) is 0 Å². The molecule has 2 N–H and O–H groups in total. The molecule has 1 heterocycles. The van der Waals surface area contributed by atoms with Crippen molar-refractivity contribution in [3.05, 3.63) is 78.5 Å². The van der Waals surface area contributed by atoms with Crippen molar-refractivity contribution >= 4 is 15.9 Å². The van der Waals surface area contributed by atoms with Gasteiger partial charge in [0.05, 0.1) is 11.7 Å². The Bertz CT molecular complexity index is 745. The zero-order valence-corrected chi connectivity index (χ0v) is 12.0. The quantitative estimate of drug-likeness (QED) is 0.945. The lowest BCUT2D eigenvalue weighted by molar-refractivity contribution is 0.474. The van der Waals surface area contributed by atoms with Gasteiger partial charge in [0.25, 0.3) is 0 Å². The van der Waals surface area contributed by atoms with Gasteiger partial charge in [0.1, 0.15) is 0 Å². The van der Waals surface area contributed by atoms with Crippen LogP contribution in [0.25, 0.3) is 0 Å². The fraction of sp³-hybridized carbons (Fsp3) is 0.0667. The molecule has 6 heteroatoms. The van der Waals surface area contributed by atoms with Crippen molar-refractivity contribution in [2.75, 3.05) is 5.01 Å². The Kier molecular flexibility index (Phi) is 3.40. The highest BCUT2D eigenvalue weighted by Crippen LogP contribution is 2.35. The van der Waals surface area contributed by atoms with E-state index < -0.39 is 10.2 Å². The monoisotopic (exact) mass is 301 g/mol. The van der Waals surface area contributed by atoms with Gasteiger partial charge in [-0.05, 0) is 23.8 Å². The van der Waals surface area contributed by atoms with Crippen LogP contribution in [0.2, 0.25) is 0 Å². The smallest absolute Gasteiger partial charge is 0.260 e. The first-order chi connectivity index (χ1) is 10.1. The Morgan fingerprint density at radius 1 is 0.905 bits per heavy atom. The van der Waals surface area contributed by atoms with Crippen molar-refractivity contribution in [2.45, 2.75) is 6.04 Å². The van der Waals surface area contributed by atoms with Gasteiger partial charge in [-0.1, -0.05) is 48.5 Å². The van der Waals surface area contributed by atoms with Crippen LogP contribution in [0.1, 0.15) is 11.6 Å². The summed E-state index contributed by atoms with van der Waals surface area (Å²) in [6, 6.07) is 18.8. The number of hydrogen-bond donors (Lipinski definition) is 1. The lowest BCUT2D eigenvalue weighted by atomic mass is 10.1. The predicted molar refractivity (Wildman–Crippen MR) is 82.2 cm³/mol. The molecule has 3 rings (SSSR count). The molecule has 108 valence electrons. The average Bonchev–Trinajstić information content (AvgIpc) is 2.94. The molecule has 0 saturated heterocycles. The van der Waals surface area contributed by atoms with Gasteiger partial charge in [-0.2, -0.15) is 12.8 Å². The van der Waals surface area contributed by atoms with Gasteiger partial charge < -0.3 is 0 Å². The topological polar surface area (TPSA) is 66.6 Å². The molecular weight excluding hydrogens is 286 g/mol. The van der Waals surface area contributed by atoms with Gasteiger partial charge in [0.15, 0.2) is 0 Å². The van der Waals surface area contributed by atoms with E-state index in [1.54, 1.807) is 5.01 Å². The number of anilines is 1. The third kappa shape index (κ3) is 2.63. The van der Waals surface area contributed by atoms with E-state index in [-0.39, 0.29) is 6.04 Å². The van der Waals surface area contributed by atoms with Gasteiger partial charge >= 0.3 is 10.2 Å². The molecule has 0 fully saturated rings. The van der Waals surface area contributed by atoms with Gasteiger partial charge in [0, 0.05) is 6.20 Å². The molecule has 0 aliphatic carbocycles. The van der Waals surface area contributed by atoms with Crippen LogP contribution >= 0.6 is 0 Å². The molecule has 0 aromatic heterocycles. The SMILES string of the molecule is NS(=O)(=O)N1C=CC(c2ccccc2)N1c1ccccc1. The second-order valence-electron chi connectivity index (χ2n) is 4.69. The van der Waals surface area contributed by atoms with E-state index >= 15 is 0 Å². The van der Waals surface area contributed by atoms with Crippen molar-refractivity contribution in [1.82, 2.24) is 4.41 Å².